The molecule has 2 unspecified atom stereocenters. The Morgan fingerprint density at radius 3 is 2.67 bits per heavy atom. The number of nitrogens with two attached hydrogens (primary N) is 3. The fraction of sp³-hybridized carbons (Fsp3) is 0.533. The number of benzene rings is 1. The number of likely N-dealkylation sites (tertiary alicyclic amines) is 1. The van der Waals surface area contributed by atoms with Crippen molar-refractivity contribution in [3.8, 4) is 0 Å². The Kier molecular flexibility index (Phi) is 4.63. The summed E-state index contributed by atoms with van der Waals surface area (Å²) in [6.07, 6.45) is -0.296. The molecule has 116 valence electrons. The van der Waals surface area contributed by atoms with Gasteiger partial charge in [0.2, 0.25) is 0 Å². The monoisotopic (exact) mass is 292 g/mol. The molecule has 0 spiro atoms. The molecule has 4 atom stereocenters. The van der Waals surface area contributed by atoms with Gasteiger partial charge in [0.05, 0.1) is 6.10 Å². The van der Waals surface area contributed by atoms with E-state index in [-0.39, 0.29) is 12.0 Å². The summed E-state index contributed by atoms with van der Waals surface area (Å²) < 4.78 is 0. The molecule has 1 amide bonds. The highest BCUT2D eigenvalue weighted by atomic mass is 16.3. The third-order valence-electron chi connectivity index (χ3n) is 4.21. The molecular weight excluding hydrogens is 268 g/mol. The van der Waals surface area contributed by atoms with Gasteiger partial charge < -0.3 is 22.3 Å². The van der Waals surface area contributed by atoms with Crippen molar-refractivity contribution in [2.75, 3.05) is 13.1 Å². The highest BCUT2D eigenvalue weighted by molar-refractivity contribution is 5.85. The molecule has 0 aromatic heterocycles. The quantitative estimate of drug-likeness (QED) is 0.555. The van der Waals surface area contributed by atoms with E-state index in [1.165, 1.54) is 0 Å². The average molecular weight is 292 g/mol. The number of rotatable bonds is 5. The van der Waals surface area contributed by atoms with Crippen LogP contribution in [0.15, 0.2) is 30.3 Å². The van der Waals surface area contributed by atoms with E-state index in [1.54, 1.807) is 4.90 Å². The van der Waals surface area contributed by atoms with E-state index in [0.29, 0.717) is 19.5 Å². The number of carbonyl (C=O) groups excluding carboxylic acids is 1. The first-order valence-corrected chi connectivity index (χ1v) is 7.17. The minimum Gasteiger partial charge on any atom is -0.389 e. The van der Waals surface area contributed by atoms with Gasteiger partial charge in [-0.25, -0.2) is 0 Å². The van der Waals surface area contributed by atoms with Crippen LogP contribution in [0, 0.1) is 5.92 Å². The second kappa shape index (κ2) is 6.11. The maximum Gasteiger partial charge on any atom is 0.255 e. The Morgan fingerprint density at radius 1 is 1.48 bits per heavy atom. The number of hydrogen-bond acceptors (Lipinski definition) is 5. The minimum absolute atomic E-state index is 0.119. The van der Waals surface area contributed by atoms with Gasteiger partial charge in [-0.3, -0.25) is 9.69 Å². The van der Waals surface area contributed by atoms with Crippen LogP contribution in [0.2, 0.25) is 0 Å². The average Bonchev–Trinajstić information content (AvgIpc) is 2.65. The number of amides is 1. The van der Waals surface area contributed by atoms with Crippen molar-refractivity contribution in [3.63, 3.8) is 0 Å². The van der Waals surface area contributed by atoms with Gasteiger partial charge in [-0.05, 0) is 17.9 Å². The lowest BCUT2D eigenvalue weighted by Crippen LogP contribution is -2.67. The molecule has 21 heavy (non-hydrogen) atoms. The molecule has 6 heteroatoms. The number of hydrogen-bond donors (Lipinski definition) is 4. The summed E-state index contributed by atoms with van der Waals surface area (Å²) in [7, 11) is 0. The highest BCUT2D eigenvalue weighted by Crippen LogP contribution is 2.29. The van der Waals surface area contributed by atoms with E-state index in [9.17, 15) is 9.90 Å². The van der Waals surface area contributed by atoms with Gasteiger partial charge in [0.25, 0.3) is 5.91 Å². The van der Waals surface area contributed by atoms with Gasteiger partial charge in [-0.15, -0.1) is 0 Å². The summed E-state index contributed by atoms with van der Waals surface area (Å²) in [5, 5.41) is 10.2. The van der Waals surface area contributed by atoms with E-state index in [4.69, 9.17) is 17.2 Å². The second-order valence-corrected chi connectivity index (χ2v) is 5.97. The standard InChI is InChI=1S/C15H24N4O2/c1-10-8-19(15(18,13(10)20)14(17)21)9-12(16)7-11-5-3-2-4-6-11/h2-6,10,12-13,20H,7-9,16,18H2,1H3,(H2,17,21)/t10?,12-,13?,15+/m1/s1. The van der Waals surface area contributed by atoms with Crippen molar-refractivity contribution in [2.24, 2.45) is 23.1 Å². The van der Waals surface area contributed by atoms with Crippen molar-refractivity contribution >= 4 is 5.91 Å². The molecule has 1 fully saturated rings. The van der Waals surface area contributed by atoms with Crippen molar-refractivity contribution in [1.82, 2.24) is 4.90 Å². The molecular formula is C15H24N4O2. The van der Waals surface area contributed by atoms with Crippen molar-refractivity contribution < 1.29 is 9.90 Å². The van der Waals surface area contributed by atoms with Crippen LogP contribution in [0.25, 0.3) is 0 Å². The molecule has 2 rings (SSSR count). The molecule has 7 N–H and O–H groups in total. The Hall–Kier alpha value is -1.47. The van der Waals surface area contributed by atoms with Crippen molar-refractivity contribution in [2.45, 2.75) is 31.2 Å². The van der Waals surface area contributed by atoms with Gasteiger partial charge in [0.1, 0.15) is 0 Å². The lowest BCUT2D eigenvalue weighted by molar-refractivity contribution is -0.133. The molecule has 1 aromatic carbocycles. The Morgan fingerprint density at radius 2 is 2.10 bits per heavy atom. The van der Waals surface area contributed by atoms with Gasteiger partial charge >= 0.3 is 0 Å². The van der Waals surface area contributed by atoms with E-state index in [2.05, 4.69) is 0 Å². The number of nitrogens with zero attached hydrogens (tertiary/aromatic N) is 1. The molecule has 0 aliphatic carbocycles. The lowest BCUT2D eigenvalue weighted by Gasteiger charge is -2.35. The molecule has 0 saturated carbocycles. The maximum absolute atomic E-state index is 11.7. The SMILES string of the molecule is CC1CN(C[C@H](N)Cc2ccccc2)[C@](N)(C(N)=O)C1O. The minimum atomic E-state index is -1.53. The fourth-order valence-corrected chi connectivity index (χ4v) is 3.01. The molecule has 1 aliphatic heterocycles. The Labute approximate surface area is 124 Å². The summed E-state index contributed by atoms with van der Waals surface area (Å²) >= 11 is 0. The summed E-state index contributed by atoms with van der Waals surface area (Å²) in [6, 6.07) is 9.69. The number of aliphatic hydroxyl groups excluding tert-OH is 1. The van der Waals surface area contributed by atoms with E-state index in [0.717, 1.165) is 5.56 Å². The molecule has 1 heterocycles. The van der Waals surface area contributed by atoms with Crippen LogP contribution in [0.1, 0.15) is 12.5 Å². The van der Waals surface area contributed by atoms with Crippen LogP contribution in [0.4, 0.5) is 0 Å². The van der Waals surface area contributed by atoms with E-state index in [1.807, 2.05) is 37.3 Å². The molecule has 1 aliphatic rings. The predicted octanol–water partition coefficient (Wildman–Crippen LogP) is -0.991. The van der Waals surface area contributed by atoms with Crippen LogP contribution in [-0.4, -0.2) is 46.8 Å². The van der Waals surface area contributed by atoms with E-state index < -0.39 is 17.7 Å². The summed E-state index contributed by atoms with van der Waals surface area (Å²) in [6.45, 7) is 2.76. The molecule has 1 saturated heterocycles. The van der Waals surface area contributed by atoms with Crippen LogP contribution in [0.5, 0.6) is 0 Å². The summed E-state index contributed by atoms with van der Waals surface area (Å²) in [4.78, 5) is 13.4. The smallest absolute Gasteiger partial charge is 0.255 e. The van der Waals surface area contributed by atoms with Crippen LogP contribution in [-0.2, 0) is 11.2 Å². The Balaban J connectivity index is 2.06. The predicted molar refractivity (Wildman–Crippen MR) is 81.0 cm³/mol. The largest absolute Gasteiger partial charge is 0.389 e. The summed E-state index contributed by atoms with van der Waals surface area (Å²) in [5.41, 5.74) is 17.2. The number of carbonyl (C=O) groups is 1. The zero-order chi connectivity index (χ0) is 15.6. The highest BCUT2D eigenvalue weighted by Gasteiger charge is 2.53. The van der Waals surface area contributed by atoms with Gasteiger partial charge in [0.15, 0.2) is 5.66 Å². The first-order valence-electron chi connectivity index (χ1n) is 7.17. The van der Waals surface area contributed by atoms with Crippen LogP contribution >= 0.6 is 0 Å². The number of aliphatic hydroxyl groups is 1. The molecule has 6 nitrogen and oxygen atoms in total. The topological polar surface area (TPSA) is 119 Å². The van der Waals surface area contributed by atoms with E-state index >= 15 is 0 Å². The normalized spacial score (nSPS) is 31.2. The zero-order valence-corrected chi connectivity index (χ0v) is 12.3. The fourth-order valence-electron chi connectivity index (χ4n) is 3.01. The first-order chi connectivity index (χ1) is 9.85. The van der Waals surface area contributed by atoms with Gasteiger partial charge in [0, 0.05) is 19.1 Å². The van der Waals surface area contributed by atoms with Crippen LogP contribution < -0.4 is 17.2 Å². The molecule has 0 bridgehead atoms. The third kappa shape index (κ3) is 3.08. The summed E-state index contributed by atoms with van der Waals surface area (Å²) in [5.74, 6) is -0.835. The second-order valence-electron chi connectivity index (χ2n) is 5.97. The molecule has 0 radical (unpaired) electrons. The van der Waals surface area contributed by atoms with Crippen molar-refractivity contribution in [3.05, 3.63) is 35.9 Å². The third-order valence-corrected chi connectivity index (χ3v) is 4.21. The van der Waals surface area contributed by atoms with Gasteiger partial charge in [-0.1, -0.05) is 37.3 Å². The first kappa shape index (κ1) is 15.9. The maximum atomic E-state index is 11.7. The number of primary amides is 1. The van der Waals surface area contributed by atoms with Crippen LogP contribution in [0.3, 0.4) is 0 Å². The van der Waals surface area contributed by atoms with Crippen molar-refractivity contribution in [1.29, 1.82) is 0 Å². The van der Waals surface area contributed by atoms with Gasteiger partial charge in [-0.2, -0.15) is 0 Å². The molecule has 1 aromatic rings. The zero-order valence-electron chi connectivity index (χ0n) is 12.3. The Bertz CT molecular complexity index is 496. The lowest BCUT2D eigenvalue weighted by atomic mass is 9.98.